The number of rotatable bonds is 9. The third-order valence-corrected chi connectivity index (χ3v) is 6.33. The van der Waals surface area contributed by atoms with E-state index in [2.05, 4.69) is 15.1 Å². The van der Waals surface area contributed by atoms with Crippen molar-refractivity contribution in [3.63, 3.8) is 0 Å². The molecule has 1 aliphatic heterocycles. The van der Waals surface area contributed by atoms with Crippen LogP contribution in [0, 0.1) is 5.82 Å². The summed E-state index contributed by atoms with van der Waals surface area (Å²) in [7, 11) is 0. The molecule has 2 heterocycles. The van der Waals surface area contributed by atoms with E-state index in [9.17, 15) is 9.18 Å². The smallest absolute Gasteiger partial charge is 0.195 e. The Morgan fingerprint density at radius 3 is 2.56 bits per heavy atom. The number of aromatic nitrogens is 3. The van der Waals surface area contributed by atoms with E-state index < -0.39 is 0 Å². The lowest BCUT2D eigenvalue weighted by Crippen LogP contribution is -2.30. The fourth-order valence-electron chi connectivity index (χ4n) is 3.83. The fraction of sp³-hybridized carbons (Fsp3) is 0.375. The summed E-state index contributed by atoms with van der Waals surface area (Å²) >= 11 is 1.53. The summed E-state index contributed by atoms with van der Waals surface area (Å²) in [6.07, 6.45) is 3.67. The first-order valence-corrected chi connectivity index (χ1v) is 11.9. The number of carbonyl (C=O) groups is 1. The standard InChI is InChI=1S/C24H27FN4O2S/c1-18(30)21-7-3-4-8-22(21)31-15-16-32-24-27-26-23(17-28-13-5-2-6-14-28)29(24)20-11-9-19(25)10-12-20/h3-4,7-12H,2,5-6,13-17H2,1H3. The second kappa shape index (κ2) is 10.7. The molecular formula is C24H27FN4O2S. The lowest BCUT2D eigenvalue weighted by Gasteiger charge is -2.26. The summed E-state index contributed by atoms with van der Waals surface area (Å²) in [5.41, 5.74) is 1.42. The molecule has 1 fully saturated rings. The van der Waals surface area contributed by atoms with Crippen LogP contribution in [0.4, 0.5) is 4.39 Å². The van der Waals surface area contributed by atoms with Crippen LogP contribution in [0.25, 0.3) is 5.69 Å². The van der Waals surface area contributed by atoms with Gasteiger partial charge in [0.2, 0.25) is 0 Å². The molecule has 0 bridgehead atoms. The van der Waals surface area contributed by atoms with Gasteiger partial charge in [0.1, 0.15) is 11.6 Å². The zero-order chi connectivity index (χ0) is 22.3. The number of likely N-dealkylation sites (tertiary alicyclic amines) is 1. The molecule has 168 valence electrons. The number of hydrogen-bond donors (Lipinski definition) is 0. The van der Waals surface area contributed by atoms with Crippen LogP contribution >= 0.6 is 11.8 Å². The molecule has 0 spiro atoms. The first kappa shape index (κ1) is 22.5. The monoisotopic (exact) mass is 454 g/mol. The number of hydrogen-bond acceptors (Lipinski definition) is 6. The van der Waals surface area contributed by atoms with Gasteiger partial charge in [-0.25, -0.2) is 4.39 Å². The number of nitrogens with zero attached hydrogens (tertiary/aromatic N) is 4. The number of halogens is 1. The van der Waals surface area contributed by atoms with Crippen molar-refractivity contribution in [1.82, 2.24) is 19.7 Å². The third-order valence-electron chi connectivity index (χ3n) is 5.44. The SMILES string of the molecule is CC(=O)c1ccccc1OCCSc1nnc(CN2CCCCC2)n1-c1ccc(F)cc1. The van der Waals surface area contributed by atoms with Gasteiger partial charge in [0.05, 0.1) is 18.7 Å². The van der Waals surface area contributed by atoms with Crippen LogP contribution in [0.3, 0.4) is 0 Å². The quantitative estimate of drug-likeness (QED) is 0.264. The average molecular weight is 455 g/mol. The second-order valence-corrected chi connectivity index (χ2v) is 8.86. The van der Waals surface area contributed by atoms with Crippen LogP contribution in [0.2, 0.25) is 0 Å². The van der Waals surface area contributed by atoms with Crippen LogP contribution in [-0.2, 0) is 6.54 Å². The summed E-state index contributed by atoms with van der Waals surface area (Å²) in [6, 6.07) is 13.7. The van der Waals surface area contributed by atoms with E-state index in [1.165, 1.54) is 50.1 Å². The van der Waals surface area contributed by atoms with Crippen molar-refractivity contribution in [2.24, 2.45) is 0 Å². The molecule has 0 atom stereocenters. The predicted octanol–water partition coefficient (Wildman–Crippen LogP) is 4.77. The Kier molecular flexibility index (Phi) is 7.55. The van der Waals surface area contributed by atoms with Crippen molar-refractivity contribution in [2.45, 2.75) is 37.9 Å². The van der Waals surface area contributed by atoms with Crippen molar-refractivity contribution >= 4 is 17.5 Å². The molecule has 4 rings (SSSR count). The second-order valence-electron chi connectivity index (χ2n) is 7.80. The summed E-state index contributed by atoms with van der Waals surface area (Å²) in [5, 5.41) is 9.61. The zero-order valence-corrected chi connectivity index (χ0v) is 19.0. The Bertz CT molecular complexity index is 1050. The predicted molar refractivity (Wildman–Crippen MR) is 123 cm³/mol. The molecule has 0 N–H and O–H groups in total. The van der Waals surface area contributed by atoms with E-state index in [0.29, 0.717) is 30.2 Å². The Hall–Kier alpha value is -2.71. The van der Waals surface area contributed by atoms with Gasteiger partial charge in [-0.15, -0.1) is 10.2 Å². The maximum atomic E-state index is 13.5. The van der Waals surface area contributed by atoms with Crippen molar-refractivity contribution in [2.75, 3.05) is 25.4 Å². The number of piperidine rings is 1. The Morgan fingerprint density at radius 2 is 1.81 bits per heavy atom. The van der Waals surface area contributed by atoms with Crippen molar-refractivity contribution in [3.05, 3.63) is 65.7 Å². The highest BCUT2D eigenvalue weighted by Gasteiger charge is 2.19. The maximum Gasteiger partial charge on any atom is 0.195 e. The number of para-hydroxylation sites is 1. The molecule has 0 saturated carbocycles. The molecule has 0 unspecified atom stereocenters. The van der Waals surface area contributed by atoms with Gasteiger partial charge >= 0.3 is 0 Å². The van der Waals surface area contributed by atoms with E-state index in [1.807, 2.05) is 16.7 Å². The minimum Gasteiger partial charge on any atom is -0.492 e. The normalized spacial score (nSPS) is 14.4. The molecule has 6 nitrogen and oxygen atoms in total. The summed E-state index contributed by atoms with van der Waals surface area (Å²) in [4.78, 5) is 14.2. The number of ether oxygens (including phenoxy) is 1. The summed E-state index contributed by atoms with van der Waals surface area (Å²) < 4.78 is 21.4. The highest BCUT2D eigenvalue weighted by molar-refractivity contribution is 7.99. The molecule has 1 aromatic heterocycles. The number of thioether (sulfide) groups is 1. The molecule has 0 aliphatic carbocycles. The number of carbonyl (C=O) groups excluding carboxylic acids is 1. The van der Waals surface area contributed by atoms with E-state index in [4.69, 9.17) is 4.74 Å². The number of benzene rings is 2. The van der Waals surface area contributed by atoms with Crippen molar-refractivity contribution in [3.8, 4) is 11.4 Å². The molecular weight excluding hydrogens is 427 g/mol. The van der Waals surface area contributed by atoms with Gasteiger partial charge in [0, 0.05) is 11.4 Å². The molecule has 3 aromatic rings. The maximum absolute atomic E-state index is 13.5. The molecule has 0 radical (unpaired) electrons. The molecule has 2 aromatic carbocycles. The van der Waals surface area contributed by atoms with E-state index >= 15 is 0 Å². The highest BCUT2D eigenvalue weighted by atomic mass is 32.2. The molecule has 32 heavy (non-hydrogen) atoms. The van der Waals surface area contributed by atoms with Gasteiger partial charge in [-0.1, -0.05) is 30.3 Å². The van der Waals surface area contributed by atoms with Gasteiger partial charge in [-0.3, -0.25) is 14.3 Å². The van der Waals surface area contributed by atoms with E-state index in [-0.39, 0.29) is 11.6 Å². The van der Waals surface area contributed by atoms with E-state index in [0.717, 1.165) is 29.8 Å². The average Bonchev–Trinajstić information content (AvgIpc) is 3.20. The van der Waals surface area contributed by atoms with Crippen LogP contribution in [0.1, 0.15) is 42.4 Å². The van der Waals surface area contributed by atoms with Gasteiger partial charge in [0.25, 0.3) is 0 Å². The minimum absolute atomic E-state index is 0.0216. The fourth-order valence-corrected chi connectivity index (χ4v) is 4.62. The minimum atomic E-state index is -0.272. The number of Topliss-reactive ketones (excluding diaryl/α,β-unsaturated/α-hetero) is 1. The van der Waals surface area contributed by atoms with Gasteiger partial charge in [0.15, 0.2) is 16.8 Å². The van der Waals surface area contributed by atoms with Gasteiger partial charge in [-0.2, -0.15) is 0 Å². The van der Waals surface area contributed by atoms with Gasteiger partial charge in [-0.05, 0) is 69.3 Å². The van der Waals surface area contributed by atoms with Crippen molar-refractivity contribution in [1.29, 1.82) is 0 Å². The lowest BCUT2D eigenvalue weighted by molar-refractivity contribution is 0.101. The van der Waals surface area contributed by atoms with Gasteiger partial charge < -0.3 is 4.74 Å². The third kappa shape index (κ3) is 5.55. The molecule has 0 amide bonds. The largest absolute Gasteiger partial charge is 0.492 e. The Balaban J connectivity index is 1.47. The summed E-state index contributed by atoms with van der Waals surface area (Å²) in [6.45, 7) is 4.79. The van der Waals surface area contributed by atoms with E-state index in [1.54, 1.807) is 24.3 Å². The van der Waals surface area contributed by atoms with Crippen LogP contribution in [0.15, 0.2) is 53.7 Å². The van der Waals surface area contributed by atoms with Crippen LogP contribution in [0.5, 0.6) is 5.75 Å². The molecule has 8 heteroatoms. The number of ketones is 1. The van der Waals surface area contributed by atoms with Crippen LogP contribution < -0.4 is 4.74 Å². The topological polar surface area (TPSA) is 60.2 Å². The molecule has 1 aliphatic rings. The summed E-state index contributed by atoms with van der Waals surface area (Å²) in [5.74, 6) is 1.78. The first-order valence-electron chi connectivity index (χ1n) is 10.9. The zero-order valence-electron chi connectivity index (χ0n) is 18.2. The van der Waals surface area contributed by atoms with Crippen molar-refractivity contribution < 1.29 is 13.9 Å². The van der Waals surface area contributed by atoms with Crippen LogP contribution in [-0.4, -0.2) is 50.9 Å². The molecule has 1 saturated heterocycles. The lowest BCUT2D eigenvalue weighted by atomic mass is 10.1. The first-order chi connectivity index (χ1) is 15.6. The highest BCUT2D eigenvalue weighted by Crippen LogP contribution is 2.25. The Morgan fingerprint density at radius 1 is 1.06 bits per heavy atom. The Labute approximate surface area is 191 Å².